The Morgan fingerprint density at radius 1 is 0.556 bits per heavy atom. The number of ether oxygens (including phenoxy) is 2. The Labute approximate surface area is 282 Å². The van der Waals surface area contributed by atoms with Crippen molar-refractivity contribution in [3.05, 3.63) is 130 Å². The van der Waals surface area contributed by atoms with Crippen LogP contribution in [0.5, 0.6) is 11.5 Å². The van der Waals surface area contributed by atoms with Gasteiger partial charge in [0.15, 0.2) is 0 Å². The van der Waals surface area contributed by atoms with Crippen molar-refractivity contribution in [2.24, 2.45) is 11.8 Å². The molecule has 0 amide bonds. The van der Waals surface area contributed by atoms with E-state index in [9.17, 15) is 8.78 Å². The van der Waals surface area contributed by atoms with E-state index >= 15 is 0 Å². The topological polar surface area (TPSA) is 27.7 Å². The van der Waals surface area contributed by atoms with Gasteiger partial charge in [-0.15, -0.1) is 0 Å². The third-order valence-electron chi connectivity index (χ3n) is 8.91. The molecule has 0 aromatic heterocycles. The van der Waals surface area contributed by atoms with Crippen molar-refractivity contribution < 1.29 is 21.9 Å². The van der Waals surface area contributed by atoms with Crippen molar-refractivity contribution in [2.75, 3.05) is 24.7 Å². The molecule has 0 radical (unpaired) electrons. The highest BCUT2D eigenvalue weighted by atomic mass is 35.5. The predicted octanol–water partition coefficient (Wildman–Crippen LogP) is 10.7. The number of halogens is 4. The van der Waals surface area contributed by atoms with Gasteiger partial charge in [-0.05, 0) is 121 Å². The number of rotatable bonds is 16. The highest BCUT2D eigenvalue weighted by Crippen LogP contribution is 2.52. The van der Waals surface area contributed by atoms with E-state index in [1.165, 1.54) is 48.4 Å². The fraction of sp³-hybridized carbons (Fsp3) is 0.333. The normalized spacial score (nSPS) is 17.3. The van der Waals surface area contributed by atoms with Crippen LogP contribution in [0.3, 0.4) is 0 Å². The molecule has 2 aliphatic carbocycles. The summed E-state index contributed by atoms with van der Waals surface area (Å²) in [5.74, 6) is 2.90. The summed E-state index contributed by atoms with van der Waals surface area (Å²) in [5, 5.41) is 1.37. The summed E-state index contributed by atoms with van der Waals surface area (Å²) >= 11 is 15.4. The van der Waals surface area contributed by atoms with Gasteiger partial charge in [0.1, 0.15) is 23.1 Å². The second kappa shape index (κ2) is 14.6. The highest BCUT2D eigenvalue weighted by molar-refractivity contribution is 8.07. The van der Waals surface area contributed by atoms with Crippen molar-refractivity contribution in [2.45, 2.75) is 36.5 Å². The van der Waals surface area contributed by atoms with Crippen molar-refractivity contribution in [1.82, 2.24) is 0 Å². The first-order valence-corrected chi connectivity index (χ1v) is 17.6. The first-order valence-electron chi connectivity index (χ1n) is 15.1. The summed E-state index contributed by atoms with van der Waals surface area (Å²) < 4.78 is 45.9. The van der Waals surface area contributed by atoms with E-state index in [2.05, 4.69) is 24.3 Å². The summed E-state index contributed by atoms with van der Waals surface area (Å²) in [7, 11) is 0. The second-order valence-electron chi connectivity index (χ2n) is 12.0. The molecule has 0 heterocycles. The average Bonchev–Trinajstić information content (AvgIpc) is 3.97. The van der Waals surface area contributed by atoms with Gasteiger partial charge < -0.3 is 9.47 Å². The standard InChI is InChI=1S/C36H34Cl2F2O3S2/c37-29-9-5-27(6-10-29)35(25-1-2-25,21-41-33-17-13-31(39)14-18-33)23-44-43-45-24-36(26-3-4-26,28-7-11-30(38)12-8-28)22-42-34-19-15-32(40)16-20-34/h5-20,25-26H,1-4,21-24H2. The Hall–Kier alpha value is -2.42. The van der Waals surface area contributed by atoms with E-state index in [1.54, 1.807) is 24.3 Å². The second-order valence-corrected chi connectivity index (χ2v) is 14.4. The molecular formula is C36H34Cl2F2O3S2. The smallest absolute Gasteiger partial charge is 0.123 e. The quantitative estimate of drug-likeness (QED) is 0.0864. The molecule has 2 unspecified atom stereocenters. The van der Waals surface area contributed by atoms with E-state index in [0.29, 0.717) is 58.1 Å². The fourth-order valence-corrected chi connectivity index (χ4v) is 8.27. The molecule has 4 aromatic rings. The molecule has 2 atom stereocenters. The van der Waals surface area contributed by atoms with Gasteiger partial charge in [-0.1, -0.05) is 47.5 Å². The Balaban J connectivity index is 1.16. The molecule has 6 rings (SSSR count). The summed E-state index contributed by atoms with van der Waals surface area (Å²) in [6, 6.07) is 28.3. The number of benzene rings is 4. The van der Waals surface area contributed by atoms with Crippen molar-refractivity contribution in [3.8, 4) is 11.5 Å². The number of hydrogen-bond donors (Lipinski definition) is 0. The first kappa shape index (κ1) is 32.5. The minimum absolute atomic E-state index is 0.293. The van der Waals surface area contributed by atoms with Crippen LogP contribution in [0.4, 0.5) is 8.78 Å². The lowest BCUT2D eigenvalue weighted by Gasteiger charge is -2.35. The van der Waals surface area contributed by atoms with Gasteiger partial charge in [-0.2, -0.15) is 0 Å². The molecule has 2 fully saturated rings. The van der Waals surface area contributed by atoms with Gasteiger partial charge in [0.25, 0.3) is 0 Å². The summed E-state index contributed by atoms with van der Waals surface area (Å²) in [5.41, 5.74) is 1.69. The molecule has 45 heavy (non-hydrogen) atoms. The maximum atomic E-state index is 13.5. The molecular weight excluding hydrogens is 653 g/mol. The largest absolute Gasteiger partial charge is 0.493 e. The molecule has 0 spiro atoms. The average molecular weight is 688 g/mol. The molecule has 4 aromatic carbocycles. The summed E-state index contributed by atoms with van der Waals surface area (Å²) in [6.07, 6.45) is 4.41. The Bertz CT molecular complexity index is 1420. The molecule has 0 saturated heterocycles. The van der Waals surface area contributed by atoms with Crippen LogP contribution < -0.4 is 9.47 Å². The van der Waals surface area contributed by atoms with Crippen molar-refractivity contribution in [3.63, 3.8) is 0 Å². The Kier molecular flexibility index (Phi) is 10.5. The van der Waals surface area contributed by atoms with Crippen LogP contribution in [0.1, 0.15) is 36.8 Å². The SMILES string of the molecule is Fc1ccc(OCC(CSOSCC(COc2ccc(F)cc2)(c2ccc(Cl)cc2)C2CC2)(c2ccc(Cl)cc2)C2CC2)cc1. The Morgan fingerprint density at radius 3 is 1.24 bits per heavy atom. The molecule has 0 N–H and O–H groups in total. The van der Waals surface area contributed by atoms with Gasteiger partial charge in [0.05, 0.1) is 13.2 Å². The molecule has 9 heteroatoms. The van der Waals surface area contributed by atoms with E-state index in [0.717, 1.165) is 36.8 Å². The molecule has 2 saturated carbocycles. The summed E-state index contributed by atoms with van der Waals surface area (Å²) in [6.45, 7) is 0.877. The van der Waals surface area contributed by atoms with Crippen LogP contribution in [0.15, 0.2) is 97.1 Å². The monoisotopic (exact) mass is 686 g/mol. The van der Waals surface area contributed by atoms with Crippen LogP contribution >= 0.6 is 47.3 Å². The van der Waals surface area contributed by atoms with Gasteiger partial charge in [0.2, 0.25) is 0 Å². The first-order chi connectivity index (χ1) is 21.9. The minimum atomic E-state index is -0.306. The zero-order valence-corrected chi connectivity index (χ0v) is 27.7. The maximum Gasteiger partial charge on any atom is 0.123 e. The Morgan fingerprint density at radius 2 is 0.911 bits per heavy atom. The zero-order chi connectivity index (χ0) is 31.3. The molecule has 0 aliphatic heterocycles. The lowest BCUT2D eigenvalue weighted by Crippen LogP contribution is -2.39. The van der Waals surface area contributed by atoms with Crippen molar-refractivity contribution in [1.29, 1.82) is 0 Å². The molecule has 2 aliphatic rings. The van der Waals surface area contributed by atoms with Crippen LogP contribution in [-0.2, 0) is 14.5 Å². The van der Waals surface area contributed by atoms with Crippen LogP contribution in [-0.4, -0.2) is 24.7 Å². The van der Waals surface area contributed by atoms with Crippen LogP contribution in [0, 0.1) is 23.5 Å². The summed E-state index contributed by atoms with van der Waals surface area (Å²) in [4.78, 5) is 0. The highest BCUT2D eigenvalue weighted by Gasteiger charge is 2.49. The van der Waals surface area contributed by atoms with Crippen molar-refractivity contribution >= 4 is 47.3 Å². The predicted molar refractivity (Wildman–Crippen MR) is 181 cm³/mol. The van der Waals surface area contributed by atoms with E-state index in [-0.39, 0.29) is 22.5 Å². The lowest BCUT2D eigenvalue weighted by atomic mass is 9.78. The van der Waals surface area contributed by atoms with E-state index < -0.39 is 0 Å². The third kappa shape index (κ3) is 8.12. The van der Waals surface area contributed by atoms with Gasteiger partial charge in [-0.25, -0.2) is 12.4 Å². The van der Waals surface area contributed by atoms with E-state index in [1.807, 2.05) is 24.3 Å². The van der Waals surface area contributed by atoms with Gasteiger partial charge in [0, 0.05) is 56.5 Å². The van der Waals surface area contributed by atoms with Crippen LogP contribution in [0.2, 0.25) is 10.0 Å². The molecule has 236 valence electrons. The molecule has 0 bridgehead atoms. The zero-order valence-electron chi connectivity index (χ0n) is 24.6. The van der Waals surface area contributed by atoms with E-state index in [4.69, 9.17) is 36.3 Å². The lowest BCUT2D eigenvalue weighted by molar-refractivity contribution is 0.209. The van der Waals surface area contributed by atoms with Gasteiger partial charge >= 0.3 is 0 Å². The number of hydrogen-bond acceptors (Lipinski definition) is 5. The molecule has 3 nitrogen and oxygen atoms in total. The maximum absolute atomic E-state index is 13.5. The third-order valence-corrected chi connectivity index (χ3v) is 11.4. The van der Waals surface area contributed by atoms with Gasteiger partial charge in [-0.3, -0.25) is 0 Å². The van der Waals surface area contributed by atoms with Crippen LogP contribution in [0.25, 0.3) is 0 Å². The minimum Gasteiger partial charge on any atom is -0.493 e. The fourth-order valence-electron chi connectivity index (χ4n) is 5.97.